The van der Waals surface area contributed by atoms with Crippen LogP contribution in [-0.2, 0) is 13.6 Å². The number of benzene rings is 1. The highest BCUT2D eigenvalue weighted by Crippen LogP contribution is 2.21. The fraction of sp³-hybridized carbons (Fsp3) is 0.188. The number of fused-ring (bicyclic) bond motifs is 1. The molecule has 0 aliphatic carbocycles. The van der Waals surface area contributed by atoms with Crippen molar-refractivity contribution in [3.63, 3.8) is 0 Å². The molecule has 0 saturated heterocycles. The number of halogens is 1. The minimum atomic E-state index is -1.13. The molecule has 3 rings (SSSR count). The van der Waals surface area contributed by atoms with Gasteiger partial charge in [0.2, 0.25) is 0 Å². The topological polar surface area (TPSA) is 90.5 Å². The van der Waals surface area contributed by atoms with Crippen LogP contribution >= 0.6 is 27.3 Å². The van der Waals surface area contributed by atoms with Gasteiger partial charge in [-0.05, 0) is 30.3 Å². The predicted molar refractivity (Wildman–Crippen MR) is 97.9 cm³/mol. The third-order valence-corrected chi connectivity index (χ3v) is 5.35. The Kier molecular flexibility index (Phi) is 4.78. The minimum absolute atomic E-state index is 0.0194. The summed E-state index contributed by atoms with van der Waals surface area (Å²) in [5.74, 6) is -0.504. The molecule has 0 bridgehead atoms. The second kappa shape index (κ2) is 6.85. The fourth-order valence-electron chi connectivity index (χ4n) is 2.37. The van der Waals surface area contributed by atoms with Crippen molar-refractivity contribution in [3.05, 3.63) is 60.5 Å². The van der Waals surface area contributed by atoms with Crippen molar-refractivity contribution in [2.45, 2.75) is 6.54 Å². The van der Waals surface area contributed by atoms with E-state index < -0.39 is 17.2 Å². The zero-order valence-electron chi connectivity index (χ0n) is 13.1. The van der Waals surface area contributed by atoms with E-state index in [1.165, 1.54) is 17.7 Å². The summed E-state index contributed by atoms with van der Waals surface area (Å²) < 4.78 is 8.81. The Hall–Kier alpha value is -2.39. The highest BCUT2D eigenvalue weighted by molar-refractivity contribution is 9.10. The Morgan fingerprint density at radius 1 is 1.28 bits per heavy atom. The molecule has 25 heavy (non-hydrogen) atoms. The second-order valence-electron chi connectivity index (χ2n) is 5.24. The summed E-state index contributed by atoms with van der Waals surface area (Å²) in [4.78, 5) is 36.4. The zero-order valence-corrected chi connectivity index (χ0v) is 15.5. The molecule has 0 amide bonds. The maximum atomic E-state index is 12.5. The van der Waals surface area contributed by atoms with Gasteiger partial charge in [-0.25, -0.2) is 9.59 Å². The normalized spacial score (nSPS) is 11.0. The van der Waals surface area contributed by atoms with Gasteiger partial charge in [-0.15, -0.1) is 11.3 Å². The molecule has 2 aromatic heterocycles. The number of aromatic nitrogens is 2. The number of rotatable bonds is 5. The summed E-state index contributed by atoms with van der Waals surface area (Å²) in [5.41, 5.74) is -1.02. The Morgan fingerprint density at radius 2 is 1.96 bits per heavy atom. The first-order valence-electron chi connectivity index (χ1n) is 7.23. The lowest BCUT2D eigenvalue weighted by atomic mass is 10.3. The van der Waals surface area contributed by atoms with Gasteiger partial charge >= 0.3 is 11.7 Å². The molecule has 0 atom stereocenters. The van der Waals surface area contributed by atoms with Crippen LogP contribution in [0.15, 0.2) is 44.4 Å². The van der Waals surface area contributed by atoms with Gasteiger partial charge in [0.05, 0.1) is 11.9 Å². The Labute approximate surface area is 153 Å². The molecule has 0 unspecified atom stereocenters. The number of carbonyl (C=O) groups is 1. The van der Waals surface area contributed by atoms with E-state index in [2.05, 4.69) is 15.9 Å². The number of thiophene rings is 1. The first-order chi connectivity index (χ1) is 11.9. The van der Waals surface area contributed by atoms with Gasteiger partial charge in [-0.2, -0.15) is 0 Å². The van der Waals surface area contributed by atoms with Crippen LogP contribution in [0.3, 0.4) is 0 Å². The van der Waals surface area contributed by atoms with Gasteiger partial charge in [0, 0.05) is 11.5 Å². The Morgan fingerprint density at radius 3 is 2.60 bits per heavy atom. The monoisotopic (exact) mass is 424 g/mol. The third kappa shape index (κ3) is 3.38. The molecular formula is C16H13BrN2O5S. The summed E-state index contributed by atoms with van der Waals surface area (Å²) in [5, 5.41) is 9.30. The molecule has 3 aromatic rings. The van der Waals surface area contributed by atoms with Crippen LogP contribution in [0.25, 0.3) is 10.2 Å². The molecule has 130 valence electrons. The maximum absolute atomic E-state index is 12.5. The number of aromatic carboxylic acids is 1. The number of ether oxygens (including phenoxy) is 1. The van der Waals surface area contributed by atoms with E-state index in [1.54, 1.807) is 12.1 Å². The molecule has 1 aromatic carbocycles. The van der Waals surface area contributed by atoms with Gasteiger partial charge in [-0.3, -0.25) is 13.9 Å². The number of aryl methyl sites for hydroxylation is 1. The van der Waals surface area contributed by atoms with Crippen molar-refractivity contribution in [1.29, 1.82) is 0 Å². The van der Waals surface area contributed by atoms with E-state index in [0.717, 1.165) is 20.4 Å². The second-order valence-corrected chi connectivity index (χ2v) is 7.18. The van der Waals surface area contributed by atoms with Crippen LogP contribution in [0, 0.1) is 0 Å². The fourth-order valence-corrected chi connectivity index (χ4v) is 3.58. The van der Waals surface area contributed by atoms with Gasteiger partial charge in [-0.1, -0.05) is 15.9 Å². The summed E-state index contributed by atoms with van der Waals surface area (Å²) in [7, 11) is 1.51. The van der Waals surface area contributed by atoms with E-state index >= 15 is 0 Å². The molecular weight excluding hydrogens is 412 g/mol. The highest BCUT2D eigenvalue weighted by Gasteiger charge is 2.17. The van der Waals surface area contributed by atoms with Gasteiger partial charge < -0.3 is 9.84 Å². The van der Waals surface area contributed by atoms with E-state index in [0.29, 0.717) is 10.6 Å². The number of nitrogens with zero attached hydrogens (tertiary/aromatic N) is 2. The largest absolute Gasteiger partial charge is 0.492 e. The number of carboxylic acid groups (broad SMARTS) is 1. The lowest BCUT2D eigenvalue weighted by Crippen LogP contribution is -2.39. The van der Waals surface area contributed by atoms with E-state index in [-0.39, 0.29) is 23.4 Å². The third-order valence-electron chi connectivity index (χ3n) is 3.62. The average molecular weight is 425 g/mol. The lowest BCUT2D eigenvalue weighted by Gasteiger charge is -2.09. The molecule has 2 heterocycles. The van der Waals surface area contributed by atoms with E-state index in [9.17, 15) is 14.4 Å². The standard InChI is InChI=1S/C16H13BrN2O5S/c1-18-14-11(8-12(25-14)15(21)22)13(20)19(16(18)23)6-7-24-10-4-2-9(17)3-5-10/h2-5,8H,6-7H2,1H3,(H,21,22). The molecule has 0 aliphatic heterocycles. The summed E-state index contributed by atoms with van der Waals surface area (Å²) >= 11 is 4.23. The summed E-state index contributed by atoms with van der Waals surface area (Å²) in [6.07, 6.45) is 0. The SMILES string of the molecule is Cn1c(=O)n(CCOc2ccc(Br)cc2)c(=O)c2cc(C(=O)O)sc21. The smallest absolute Gasteiger partial charge is 0.345 e. The molecule has 0 saturated carbocycles. The molecule has 1 N–H and O–H groups in total. The van der Waals surface area contributed by atoms with Crippen molar-refractivity contribution >= 4 is 43.5 Å². The van der Waals surface area contributed by atoms with Crippen LogP contribution in [-0.4, -0.2) is 26.8 Å². The Balaban J connectivity index is 1.90. The van der Waals surface area contributed by atoms with Crippen LogP contribution in [0.4, 0.5) is 0 Å². The van der Waals surface area contributed by atoms with Crippen LogP contribution < -0.4 is 16.0 Å². The number of hydrogen-bond donors (Lipinski definition) is 1. The first-order valence-corrected chi connectivity index (χ1v) is 8.84. The summed E-state index contributed by atoms with van der Waals surface area (Å²) in [6.45, 7) is 0.202. The molecule has 0 fully saturated rings. The molecule has 0 aliphatic rings. The van der Waals surface area contributed by atoms with Crippen LogP contribution in [0.2, 0.25) is 0 Å². The summed E-state index contributed by atoms with van der Waals surface area (Å²) in [6, 6.07) is 8.49. The number of carboxylic acids is 1. The van der Waals surface area contributed by atoms with Crippen molar-refractivity contribution in [3.8, 4) is 5.75 Å². The molecule has 0 radical (unpaired) electrons. The van der Waals surface area contributed by atoms with Crippen LogP contribution in [0.5, 0.6) is 5.75 Å². The highest BCUT2D eigenvalue weighted by atomic mass is 79.9. The van der Waals surface area contributed by atoms with Gasteiger partial charge in [0.1, 0.15) is 22.1 Å². The maximum Gasteiger partial charge on any atom is 0.345 e. The van der Waals surface area contributed by atoms with E-state index in [4.69, 9.17) is 9.84 Å². The lowest BCUT2D eigenvalue weighted by molar-refractivity contribution is 0.0702. The zero-order chi connectivity index (χ0) is 18.1. The van der Waals surface area contributed by atoms with Crippen molar-refractivity contribution in [1.82, 2.24) is 9.13 Å². The quantitative estimate of drug-likeness (QED) is 0.678. The molecule has 7 nitrogen and oxygen atoms in total. The molecule has 9 heteroatoms. The predicted octanol–water partition coefficient (Wildman–Crippen LogP) is 2.30. The van der Waals surface area contributed by atoms with Crippen molar-refractivity contribution in [2.75, 3.05) is 6.61 Å². The first kappa shape index (κ1) is 17.4. The minimum Gasteiger partial charge on any atom is -0.492 e. The Bertz CT molecular complexity index is 1070. The van der Waals surface area contributed by atoms with E-state index in [1.807, 2.05) is 12.1 Å². The number of hydrogen-bond acceptors (Lipinski definition) is 5. The van der Waals surface area contributed by atoms with Crippen LogP contribution in [0.1, 0.15) is 9.67 Å². The van der Waals surface area contributed by atoms with Gasteiger partial charge in [0.25, 0.3) is 5.56 Å². The average Bonchev–Trinajstić information content (AvgIpc) is 3.04. The molecule has 0 spiro atoms. The van der Waals surface area contributed by atoms with Crippen molar-refractivity contribution < 1.29 is 14.6 Å². The van der Waals surface area contributed by atoms with Gasteiger partial charge in [0.15, 0.2) is 0 Å². The van der Waals surface area contributed by atoms with Crippen molar-refractivity contribution in [2.24, 2.45) is 7.05 Å².